The lowest BCUT2D eigenvalue weighted by atomic mass is 10.1. The first kappa shape index (κ1) is 38.2. The van der Waals surface area contributed by atoms with Gasteiger partial charge < -0.3 is 22.9 Å². The van der Waals surface area contributed by atoms with Crippen molar-refractivity contribution in [3.63, 3.8) is 0 Å². The lowest BCUT2D eigenvalue weighted by molar-refractivity contribution is -0.890. The number of hydrogen-bond acceptors (Lipinski definition) is 6. The Hall–Kier alpha value is 0.128. The maximum Gasteiger partial charge on any atom is 0.303 e. The molecule has 0 aromatic heterocycles. The molecule has 1 atom stereocenters. The molecule has 8 nitrogen and oxygen atoms in total. The van der Waals surface area contributed by atoms with Crippen molar-refractivity contribution in [2.24, 2.45) is 0 Å². The van der Waals surface area contributed by atoms with Crippen LogP contribution in [-0.2, 0) is 23.5 Å². The molecule has 1 aliphatic heterocycles. The van der Waals surface area contributed by atoms with E-state index in [0.29, 0.717) is 19.4 Å². The van der Waals surface area contributed by atoms with Crippen LogP contribution >= 0.6 is 0 Å². The van der Waals surface area contributed by atoms with Crippen molar-refractivity contribution >= 4 is 47.1 Å². The van der Waals surface area contributed by atoms with E-state index in [0.717, 1.165) is 62.1 Å². The smallest absolute Gasteiger partial charge is 0.303 e. The van der Waals surface area contributed by atoms with E-state index in [1.54, 1.807) is 0 Å². The standard InChI is InChI=1S/C27H62N2O6SSi4/c1-27(2)25-38(8,9)39(10,11)40(34-27,35-37(5,6)7)24-18-20-28-26(30)19-14-12-15-21-29(3,4)22-16-13-17-23-36(31,32)33/h12-25H2,1-11H3,(H-,28,30,31,32,33). The van der Waals surface area contributed by atoms with Crippen LogP contribution in [0.5, 0.6) is 0 Å². The highest BCUT2D eigenvalue weighted by molar-refractivity contribution is 7.85. The van der Waals surface area contributed by atoms with Crippen molar-refractivity contribution in [3.8, 4) is 0 Å². The minimum Gasteiger partial charge on any atom is -0.748 e. The average Bonchev–Trinajstić information content (AvgIpc) is 2.72. The fraction of sp³-hybridized carbons (Fsp3) is 0.963. The summed E-state index contributed by atoms with van der Waals surface area (Å²) in [6.07, 6.45) is 6.58. The summed E-state index contributed by atoms with van der Waals surface area (Å²) in [5, 5.41) is 3.17. The Morgan fingerprint density at radius 3 is 2.05 bits per heavy atom. The summed E-state index contributed by atoms with van der Waals surface area (Å²) in [6, 6.07) is 2.18. The molecule has 0 bridgehead atoms. The molecule has 1 unspecified atom stereocenters. The molecule has 0 saturated carbocycles. The number of nitrogens with one attached hydrogen (secondary N) is 1. The van der Waals surface area contributed by atoms with E-state index in [4.69, 9.17) is 8.54 Å². The Bertz CT molecular complexity index is 918. The minimum atomic E-state index is -4.10. The quantitative estimate of drug-likeness (QED) is 0.0903. The van der Waals surface area contributed by atoms with E-state index in [9.17, 15) is 17.8 Å². The summed E-state index contributed by atoms with van der Waals surface area (Å²) in [7, 11) is -7.12. The van der Waals surface area contributed by atoms with Gasteiger partial charge in [0.1, 0.15) is 7.11 Å². The predicted octanol–water partition coefficient (Wildman–Crippen LogP) is 5.52. The summed E-state index contributed by atoms with van der Waals surface area (Å²) in [4.78, 5) is 12.6. The maximum absolute atomic E-state index is 12.6. The summed E-state index contributed by atoms with van der Waals surface area (Å²) in [6.45, 7) is 24.3. The number of nitrogens with zero attached hydrogens (tertiary/aromatic N) is 1. The van der Waals surface area contributed by atoms with Gasteiger partial charge in [0.05, 0.1) is 42.9 Å². The van der Waals surface area contributed by atoms with Gasteiger partial charge in [0.25, 0.3) is 0 Å². The van der Waals surface area contributed by atoms with E-state index in [1.165, 1.54) is 6.04 Å². The molecule has 1 rings (SSSR count). The molecule has 0 spiro atoms. The van der Waals surface area contributed by atoms with Crippen LogP contribution in [0.4, 0.5) is 0 Å². The molecule has 238 valence electrons. The van der Waals surface area contributed by atoms with Gasteiger partial charge in [0.15, 0.2) is 8.32 Å². The van der Waals surface area contributed by atoms with Crippen LogP contribution in [0, 0.1) is 0 Å². The van der Waals surface area contributed by atoms with Crippen molar-refractivity contribution in [1.82, 2.24) is 5.32 Å². The molecular formula is C27H62N2O6SSi4. The summed E-state index contributed by atoms with van der Waals surface area (Å²) in [5.41, 5.74) is -0.124. The third kappa shape index (κ3) is 13.2. The first-order valence-electron chi connectivity index (χ1n) is 15.4. The Morgan fingerprint density at radius 1 is 0.975 bits per heavy atom. The van der Waals surface area contributed by atoms with E-state index >= 15 is 0 Å². The lowest BCUT2D eigenvalue weighted by Gasteiger charge is -2.60. The van der Waals surface area contributed by atoms with Crippen molar-refractivity contribution in [2.75, 3.05) is 39.5 Å². The first-order chi connectivity index (χ1) is 17.9. The van der Waals surface area contributed by atoms with Crippen LogP contribution in [-0.4, -0.2) is 99.5 Å². The molecule has 0 radical (unpaired) electrons. The third-order valence-electron chi connectivity index (χ3n) is 8.75. The van der Waals surface area contributed by atoms with Gasteiger partial charge in [0, 0.05) is 26.3 Å². The molecule has 1 N–H and O–H groups in total. The Morgan fingerprint density at radius 2 is 1.52 bits per heavy atom. The second kappa shape index (κ2) is 14.7. The summed E-state index contributed by atoms with van der Waals surface area (Å²) >= 11 is 0. The molecule has 1 amide bonds. The van der Waals surface area contributed by atoms with Gasteiger partial charge in [-0.2, -0.15) is 0 Å². The van der Waals surface area contributed by atoms with Crippen LogP contribution in [0.1, 0.15) is 65.2 Å². The van der Waals surface area contributed by atoms with Gasteiger partial charge in [-0.15, -0.1) is 0 Å². The first-order valence-corrected chi connectivity index (χ1v) is 30.6. The summed E-state index contributed by atoms with van der Waals surface area (Å²) < 4.78 is 47.2. The second-order valence-electron chi connectivity index (χ2n) is 15.5. The van der Waals surface area contributed by atoms with Gasteiger partial charge in [-0.3, -0.25) is 4.79 Å². The van der Waals surface area contributed by atoms with Crippen LogP contribution in [0.25, 0.3) is 0 Å². The van der Waals surface area contributed by atoms with Gasteiger partial charge in [-0.25, -0.2) is 8.42 Å². The molecule has 1 fully saturated rings. The fourth-order valence-corrected chi connectivity index (χ4v) is 46.5. The Kier molecular flexibility index (Phi) is 14.1. The summed E-state index contributed by atoms with van der Waals surface area (Å²) in [5.74, 6) is -0.122. The number of unbranched alkanes of at least 4 members (excludes halogenated alkanes) is 4. The molecular weight excluding hydrogens is 593 g/mol. The maximum atomic E-state index is 12.6. The zero-order valence-electron chi connectivity index (χ0n) is 27.7. The van der Waals surface area contributed by atoms with E-state index in [-0.39, 0.29) is 17.3 Å². The zero-order chi connectivity index (χ0) is 31.1. The number of amides is 1. The number of carbonyl (C=O) groups excluding carboxylic acids is 1. The number of rotatable bonds is 18. The van der Waals surface area contributed by atoms with Crippen LogP contribution in [0.15, 0.2) is 0 Å². The molecule has 1 saturated heterocycles. The predicted molar refractivity (Wildman–Crippen MR) is 176 cm³/mol. The minimum absolute atomic E-state index is 0.124. The molecule has 0 aromatic rings. The van der Waals surface area contributed by atoms with Crippen LogP contribution in [0.2, 0.25) is 57.9 Å². The van der Waals surface area contributed by atoms with Gasteiger partial charge in [-0.05, 0) is 90.5 Å². The topological polar surface area (TPSA) is 105 Å². The van der Waals surface area contributed by atoms with E-state index < -0.39 is 41.2 Å². The highest BCUT2D eigenvalue weighted by atomic mass is 32.2. The molecule has 1 heterocycles. The van der Waals surface area contributed by atoms with E-state index in [1.807, 2.05) is 0 Å². The van der Waals surface area contributed by atoms with Crippen molar-refractivity contribution in [1.29, 1.82) is 0 Å². The van der Waals surface area contributed by atoms with Crippen molar-refractivity contribution < 1.29 is 30.8 Å². The average molecular weight is 655 g/mol. The lowest BCUT2D eigenvalue weighted by Crippen LogP contribution is -2.82. The van der Waals surface area contributed by atoms with Gasteiger partial charge in [-0.1, -0.05) is 26.2 Å². The monoisotopic (exact) mass is 654 g/mol. The largest absolute Gasteiger partial charge is 0.748 e. The highest BCUT2D eigenvalue weighted by Crippen LogP contribution is 2.47. The van der Waals surface area contributed by atoms with Crippen LogP contribution < -0.4 is 5.32 Å². The third-order valence-corrected chi connectivity index (χ3v) is 50.1. The number of quaternary nitrogens is 1. The normalized spacial score (nSPS) is 22.7. The second-order valence-corrected chi connectivity index (χ2v) is 47.0. The highest BCUT2D eigenvalue weighted by Gasteiger charge is 2.67. The van der Waals surface area contributed by atoms with Crippen molar-refractivity contribution in [2.45, 2.75) is 129 Å². The van der Waals surface area contributed by atoms with E-state index in [2.05, 4.69) is 79.1 Å². The molecule has 1 aliphatic rings. The SMILES string of the molecule is CC1(C)C[Si](C)(C)[Si](C)(C)[Si](CCCNC(=O)CCCCC[N+](C)(C)CCCCCS(=O)(=O)[O-])(O[Si](C)(C)C)O1. The van der Waals surface area contributed by atoms with Crippen LogP contribution in [0.3, 0.4) is 0 Å². The van der Waals surface area contributed by atoms with Crippen molar-refractivity contribution in [3.05, 3.63) is 0 Å². The molecule has 0 aliphatic carbocycles. The Labute approximate surface area is 250 Å². The Balaban J connectivity index is 2.45. The number of carbonyl (C=O) groups is 1. The molecule has 0 aromatic carbocycles. The molecule has 40 heavy (non-hydrogen) atoms. The van der Waals surface area contributed by atoms with Gasteiger partial charge >= 0.3 is 8.08 Å². The van der Waals surface area contributed by atoms with Gasteiger partial charge in [0.2, 0.25) is 5.91 Å². The number of hydrogen-bond donors (Lipinski definition) is 1. The molecule has 13 heteroatoms. The zero-order valence-corrected chi connectivity index (χ0v) is 32.5. The fourth-order valence-electron chi connectivity index (χ4n) is 6.22.